The van der Waals surface area contributed by atoms with E-state index in [1.807, 2.05) is 25.4 Å². The topological polar surface area (TPSA) is 47.3 Å². The van der Waals surface area contributed by atoms with Crippen molar-refractivity contribution >= 4 is 27.3 Å². The number of methoxy groups -OCH3 is 1. The molecule has 18 heavy (non-hydrogen) atoms. The Hall–Kier alpha value is -0.850. The predicted molar refractivity (Wildman–Crippen MR) is 75.2 cm³/mol. The highest BCUT2D eigenvalue weighted by Crippen LogP contribution is 2.31. The maximum absolute atomic E-state index is 10.2. The highest BCUT2D eigenvalue weighted by Gasteiger charge is 2.17. The first kappa shape index (κ1) is 13.6. The minimum Gasteiger partial charge on any atom is -0.496 e. The normalized spacial score (nSPS) is 12.7. The summed E-state index contributed by atoms with van der Waals surface area (Å²) in [7, 11) is 3.51. The van der Waals surface area contributed by atoms with Crippen molar-refractivity contribution < 1.29 is 9.84 Å². The average Bonchev–Trinajstić information content (AvgIpc) is 2.90. The quantitative estimate of drug-likeness (QED) is 0.937. The number of hydrogen-bond donors (Lipinski definition) is 1. The molecule has 0 fully saturated rings. The molecular formula is C12H15BrN2O2S. The van der Waals surface area contributed by atoms with Gasteiger partial charge in [0.15, 0.2) is 0 Å². The molecule has 1 atom stereocenters. The van der Waals surface area contributed by atoms with Gasteiger partial charge in [-0.05, 0) is 28.9 Å². The van der Waals surface area contributed by atoms with E-state index in [0.29, 0.717) is 6.42 Å². The summed E-state index contributed by atoms with van der Waals surface area (Å²) in [6.07, 6.45) is -0.00768. The zero-order chi connectivity index (χ0) is 13.3. The van der Waals surface area contributed by atoms with Crippen molar-refractivity contribution in [1.29, 1.82) is 0 Å². The van der Waals surface area contributed by atoms with Gasteiger partial charge in [-0.3, -0.25) is 4.68 Å². The second-order valence-electron chi connectivity index (χ2n) is 4.08. The van der Waals surface area contributed by atoms with Crippen LogP contribution in [0.4, 0.5) is 0 Å². The molecule has 0 saturated carbocycles. The molecule has 0 aromatic carbocycles. The molecule has 0 aliphatic heterocycles. The van der Waals surface area contributed by atoms with Crippen molar-refractivity contribution in [3.8, 4) is 5.75 Å². The van der Waals surface area contributed by atoms with Crippen LogP contribution in [0.2, 0.25) is 0 Å². The number of ether oxygens (including phenoxy) is 1. The molecule has 0 bridgehead atoms. The van der Waals surface area contributed by atoms with Crippen LogP contribution in [0.3, 0.4) is 0 Å². The Bertz CT molecular complexity index is 550. The van der Waals surface area contributed by atoms with Gasteiger partial charge in [0.1, 0.15) is 5.75 Å². The van der Waals surface area contributed by atoms with Gasteiger partial charge in [0, 0.05) is 23.7 Å². The molecule has 0 saturated heterocycles. The largest absolute Gasteiger partial charge is 0.496 e. The maximum atomic E-state index is 10.2. The van der Waals surface area contributed by atoms with Gasteiger partial charge in [0.05, 0.1) is 29.1 Å². The van der Waals surface area contributed by atoms with Gasteiger partial charge in [0.2, 0.25) is 0 Å². The van der Waals surface area contributed by atoms with E-state index in [4.69, 9.17) is 4.74 Å². The van der Waals surface area contributed by atoms with E-state index in [1.165, 1.54) is 11.3 Å². The molecule has 0 aliphatic rings. The van der Waals surface area contributed by atoms with E-state index in [9.17, 15) is 5.11 Å². The minimum absolute atomic E-state index is 0.529. The van der Waals surface area contributed by atoms with Crippen LogP contribution >= 0.6 is 27.3 Å². The van der Waals surface area contributed by atoms with Crippen molar-refractivity contribution in [2.24, 2.45) is 7.05 Å². The molecule has 1 N–H and O–H groups in total. The lowest BCUT2D eigenvalue weighted by atomic mass is 10.1. The first-order valence-electron chi connectivity index (χ1n) is 5.51. The summed E-state index contributed by atoms with van der Waals surface area (Å²) in [4.78, 5) is 0.901. The summed E-state index contributed by atoms with van der Waals surface area (Å²) in [5, 5.41) is 16.4. The van der Waals surface area contributed by atoms with Crippen molar-refractivity contribution in [3.05, 3.63) is 32.2 Å². The third-order valence-corrected chi connectivity index (χ3v) is 4.85. The number of halogens is 1. The van der Waals surface area contributed by atoms with E-state index < -0.39 is 6.10 Å². The van der Waals surface area contributed by atoms with Crippen LogP contribution in [0.25, 0.3) is 0 Å². The number of hydrogen-bond acceptors (Lipinski definition) is 4. The van der Waals surface area contributed by atoms with E-state index >= 15 is 0 Å². The molecule has 98 valence electrons. The van der Waals surface area contributed by atoms with Crippen molar-refractivity contribution in [2.45, 2.75) is 19.4 Å². The lowest BCUT2D eigenvalue weighted by molar-refractivity contribution is 0.179. The SMILES string of the molecule is COc1csc(C(O)Cc2c(Br)c(C)nn2C)c1. The second kappa shape index (κ2) is 5.42. The first-order chi connectivity index (χ1) is 8.52. The Balaban J connectivity index is 2.18. The van der Waals surface area contributed by atoms with Crippen LogP contribution in [-0.2, 0) is 13.5 Å². The van der Waals surface area contributed by atoms with Crippen molar-refractivity contribution in [3.63, 3.8) is 0 Å². The summed E-state index contributed by atoms with van der Waals surface area (Å²) in [5.41, 5.74) is 1.93. The molecule has 2 aromatic rings. The van der Waals surface area contributed by atoms with E-state index in [1.54, 1.807) is 11.8 Å². The third-order valence-electron chi connectivity index (χ3n) is 2.81. The molecule has 6 heteroatoms. The molecule has 2 rings (SSSR count). The van der Waals surface area contributed by atoms with Crippen LogP contribution in [0, 0.1) is 6.92 Å². The smallest absolute Gasteiger partial charge is 0.129 e. The molecule has 1 unspecified atom stereocenters. The number of aliphatic hydroxyl groups excluding tert-OH is 1. The van der Waals surface area contributed by atoms with E-state index in [-0.39, 0.29) is 0 Å². The Kier molecular flexibility index (Phi) is 4.09. The third kappa shape index (κ3) is 2.60. The highest BCUT2D eigenvalue weighted by molar-refractivity contribution is 9.10. The number of aryl methyl sites for hydroxylation is 2. The fourth-order valence-electron chi connectivity index (χ4n) is 1.80. The molecule has 2 heterocycles. The maximum Gasteiger partial charge on any atom is 0.129 e. The summed E-state index contributed by atoms with van der Waals surface area (Å²) in [6, 6.07) is 1.87. The van der Waals surface area contributed by atoms with Gasteiger partial charge in [-0.2, -0.15) is 5.10 Å². The number of rotatable bonds is 4. The van der Waals surface area contributed by atoms with Gasteiger partial charge in [-0.25, -0.2) is 0 Å². The van der Waals surface area contributed by atoms with Crippen LogP contribution in [0.5, 0.6) is 5.75 Å². The first-order valence-corrected chi connectivity index (χ1v) is 7.18. The molecular weight excluding hydrogens is 316 g/mol. The van der Waals surface area contributed by atoms with Crippen LogP contribution in [-0.4, -0.2) is 22.0 Å². The summed E-state index contributed by atoms with van der Waals surface area (Å²) < 4.78 is 7.88. The lowest BCUT2D eigenvalue weighted by Gasteiger charge is -2.09. The van der Waals surface area contributed by atoms with E-state index in [2.05, 4.69) is 21.0 Å². The number of aromatic nitrogens is 2. The molecule has 0 aliphatic carbocycles. The highest BCUT2D eigenvalue weighted by atomic mass is 79.9. The molecule has 0 spiro atoms. The molecule has 4 nitrogen and oxygen atoms in total. The van der Waals surface area contributed by atoms with Crippen LogP contribution in [0.1, 0.15) is 22.4 Å². The summed E-state index contributed by atoms with van der Waals surface area (Å²) in [6.45, 7) is 1.94. The molecule has 2 aromatic heterocycles. The van der Waals surface area contributed by atoms with E-state index in [0.717, 1.165) is 26.5 Å². The van der Waals surface area contributed by atoms with Gasteiger partial charge >= 0.3 is 0 Å². The fourth-order valence-corrected chi connectivity index (χ4v) is 3.14. The average molecular weight is 331 g/mol. The zero-order valence-corrected chi connectivity index (χ0v) is 12.9. The Morgan fingerprint density at radius 1 is 1.61 bits per heavy atom. The lowest BCUT2D eigenvalue weighted by Crippen LogP contribution is -2.05. The summed E-state index contributed by atoms with van der Waals surface area (Å²) in [5.74, 6) is 0.786. The minimum atomic E-state index is -0.537. The van der Waals surface area contributed by atoms with Crippen LogP contribution < -0.4 is 4.74 Å². The van der Waals surface area contributed by atoms with Gasteiger partial charge in [0.25, 0.3) is 0 Å². The number of thiophene rings is 1. The van der Waals surface area contributed by atoms with Gasteiger partial charge in [-0.1, -0.05) is 0 Å². The van der Waals surface area contributed by atoms with Gasteiger partial charge in [-0.15, -0.1) is 11.3 Å². The molecule has 0 amide bonds. The fraction of sp³-hybridized carbons (Fsp3) is 0.417. The van der Waals surface area contributed by atoms with Gasteiger partial charge < -0.3 is 9.84 Å². The monoisotopic (exact) mass is 330 g/mol. The summed E-state index contributed by atoms with van der Waals surface area (Å²) >= 11 is 5.01. The standard InChI is InChI=1S/C12H15BrN2O2S/c1-7-12(13)9(15(2)14-7)5-10(16)11-4-8(17-3)6-18-11/h4,6,10,16H,5H2,1-3H3. The Morgan fingerprint density at radius 3 is 2.83 bits per heavy atom. The Morgan fingerprint density at radius 2 is 2.33 bits per heavy atom. The van der Waals surface area contributed by atoms with Crippen molar-refractivity contribution in [2.75, 3.05) is 7.11 Å². The zero-order valence-electron chi connectivity index (χ0n) is 10.5. The molecule has 0 radical (unpaired) electrons. The van der Waals surface area contributed by atoms with Crippen molar-refractivity contribution in [1.82, 2.24) is 9.78 Å². The number of aliphatic hydroxyl groups is 1. The van der Waals surface area contributed by atoms with Crippen LogP contribution in [0.15, 0.2) is 15.9 Å². The Labute approximate surface area is 118 Å². The second-order valence-corrected chi connectivity index (χ2v) is 5.81. The predicted octanol–water partition coefficient (Wildman–Crippen LogP) is 2.84. The number of nitrogens with zero attached hydrogens (tertiary/aromatic N) is 2.